The lowest BCUT2D eigenvalue weighted by atomic mass is 10.3. The van der Waals surface area contributed by atoms with E-state index in [1.165, 1.54) is 0 Å². The molecule has 0 aliphatic carbocycles. The Morgan fingerprint density at radius 1 is 1.47 bits per heavy atom. The Bertz CT molecular complexity index is 423. The monoisotopic (exact) mass is 233 g/mol. The molecule has 0 aliphatic rings. The summed E-state index contributed by atoms with van der Waals surface area (Å²) >= 11 is 0. The summed E-state index contributed by atoms with van der Waals surface area (Å²) in [5.41, 5.74) is 0. The SMILES string of the molecule is Cc1n(CCCCS(=O)(=O)O)cc[n+]1C. The van der Waals surface area contributed by atoms with Gasteiger partial charge >= 0.3 is 0 Å². The number of imidazole rings is 1. The topological polar surface area (TPSA) is 63.2 Å². The zero-order chi connectivity index (χ0) is 11.5. The van der Waals surface area contributed by atoms with Gasteiger partial charge in [-0.05, 0) is 12.8 Å². The van der Waals surface area contributed by atoms with Gasteiger partial charge in [0.05, 0.1) is 19.3 Å². The number of hydrogen-bond donors (Lipinski definition) is 1. The van der Waals surface area contributed by atoms with Crippen molar-refractivity contribution in [3.63, 3.8) is 0 Å². The lowest BCUT2D eigenvalue weighted by Crippen LogP contribution is -2.29. The molecule has 1 N–H and O–H groups in total. The van der Waals surface area contributed by atoms with Gasteiger partial charge in [-0.1, -0.05) is 0 Å². The summed E-state index contributed by atoms with van der Waals surface area (Å²) in [6, 6.07) is 0. The van der Waals surface area contributed by atoms with E-state index in [9.17, 15) is 8.42 Å². The highest BCUT2D eigenvalue weighted by Gasteiger charge is 2.09. The lowest BCUT2D eigenvalue weighted by molar-refractivity contribution is -0.677. The number of aromatic nitrogens is 2. The molecule has 1 rings (SSSR count). The van der Waals surface area contributed by atoms with E-state index in [0.717, 1.165) is 18.8 Å². The van der Waals surface area contributed by atoms with Crippen LogP contribution in [0.25, 0.3) is 0 Å². The van der Waals surface area contributed by atoms with Crippen LogP contribution >= 0.6 is 0 Å². The third-order valence-corrected chi connectivity index (χ3v) is 3.25. The van der Waals surface area contributed by atoms with Crippen LogP contribution < -0.4 is 4.57 Å². The van der Waals surface area contributed by atoms with Gasteiger partial charge in [-0.2, -0.15) is 8.42 Å². The standard InChI is InChI=1S/C9H16N2O3S/c1-9-10(2)6-7-11(9)5-3-4-8-15(12,13)14/h6-7H,3-5,8H2,1-2H3/p+1. The van der Waals surface area contributed by atoms with Crippen LogP contribution in [0.4, 0.5) is 0 Å². The van der Waals surface area contributed by atoms with Gasteiger partial charge in [0, 0.05) is 6.92 Å². The van der Waals surface area contributed by atoms with Gasteiger partial charge < -0.3 is 0 Å². The highest BCUT2D eigenvalue weighted by molar-refractivity contribution is 7.85. The van der Waals surface area contributed by atoms with E-state index >= 15 is 0 Å². The fraction of sp³-hybridized carbons (Fsp3) is 0.667. The second-order valence-corrected chi connectivity index (χ2v) is 5.21. The van der Waals surface area contributed by atoms with E-state index in [-0.39, 0.29) is 5.75 Å². The summed E-state index contributed by atoms with van der Waals surface area (Å²) in [5, 5.41) is 0. The Kier molecular flexibility index (Phi) is 3.87. The highest BCUT2D eigenvalue weighted by Crippen LogP contribution is 2.00. The van der Waals surface area contributed by atoms with Crippen LogP contribution in [0.1, 0.15) is 18.7 Å². The second-order valence-electron chi connectivity index (χ2n) is 3.64. The fourth-order valence-electron chi connectivity index (χ4n) is 1.40. The van der Waals surface area contributed by atoms with Crippen molar-refractivity contribution in [2.75, 3.05) is 5.75 Å². The molecule has 0 bridgehead atoms. The van der Waals surface area contributed by atoms with Crippen LogP contribution in [0.5, 0.6) is 0 Å². The third kappa shape index (κ3) is 4.01. The molecule has 0 fully saturated rings. The van der Waals surface area contributed by atoms with Crippen molar-refractivity contribution in [2.24, 2.45) is 7.05 Å². The molecule has 0 radical (unpaired) electrons. The van der Waals surface area contributed by atoms with E-state index in [4.69, 9.17) is 4.55 Å². The van der Waals surface area contributed by atoms with Crippen molar-refractivity contribution >= 4 is 10.1 Å². The maximum Gasteiger partial charge on any atom is 0.264 e. The van der Waals surface area contributed by atoms with Gasteiger partial charge in [0.2, 0.25) is 0 Å². The van der Waals surface area contributed by atoms with Gasteiger partial charge in [-0.25, -0.2) is 9.13 Å². The molecular formula is C9H17N2O3S+. The maximum atomic E-state index is 10.5. The Labute approximate surface area is 90.1 Å². The molecule has 0 spiro atoms. The zero-order valence-corrected chi connectivity index (χ0v) is 9.87. The number of rotatable bonds is 5. The average molecular weight is 233 g/mol. The molecule has 0 amide bonds. The highest BCUT2D eigenvalue weighted by atomic mass is 32.2. The second kappa shape index (κ2) is 4.76. The van der Waals surface area contributed by atoms with Crippen molar-refractivity contribution in [1.29, 1.82) is 0 Å². The summed E-state index contributed by atoms with van der Waals surface area (Å²) in [6.07, 6.45) is 5.15. The quantitative estimate of drug-likeness (QED) is 0.451. The van der Waals surface area contributed by atoms with Gasteiger partial charge in [0.15, 0.2) is 0 Å². The molecule has 0 saturated carbocycles. The molecule has 6 heteroatoms. The first-order chi connectivity index (χ1) is 6.90. The van der Waals surface area contributed by atoms with Crippen molar-refractivity contribution in [3.8, 4) is 0 Å². The minimum Gasteiger partial charge on any atom is -0.286 e. The molecule has 0 atom stereocenters. The summed E-state index contributed by atoms with van der Waals surface area (Å²) < 4.78 is 33.5. The average Bonchev–Trinajstić information content (AvgIpc) is 2.42. The minimum atomic E-state index is -3.80. The van der Waals surface area contributed by atoms with Gasteiger partial charge in [0.1, 0.15) is 12.4 Å². The first kappa shape index (κ1) is 12.2. The first-order valence-electron chi connectivity index (χ1n) is 4.86. The molecule has 1 aromatic heterocycles. The fourth-order valence-corrected chi connectivity index (χ4v) is 1.97. The van der Waals surface area contributed by atoms with Crippen LogP contribution in [-0.4, -0.2) is 23.3 Å². The minimum absolute atomic E-state index is 0.153. The molecule has 0 unspecified atom stereocenters. The molecule has 0 aliphatic heterocycles. The maximum absolute atomic E-state index is 10.5. The molecule has 0 saturated heterocycles. The molecule has 5 nitrogen and oxygen atoms in total. The van der Waals surface area contributed by atoms with Crippen molar-refractivity contribution in [1.82, 2.24) is 4.57 Å². The number of aryl methyl sites for hydroxylation is 2. The predicted octanol–water partition coefficient (Wildman–Crippen LogP) is 0.289. The van der Waals surface area contributed by atoms with Crippen molar-refractivity contribution in [3.05, 3.63) is 18.2 Å². The molecule has 1 aromatic rings. The van der Waals surface area contributed by atoms with Crippen LogP contribution in [0, 0.1) is 6.92 Å². The van der Waals surface area contributed by atoms with Crippen molar-refractivity contribution < 1.29 is 17.5 Å². The number of unbranched alkanes of at least 4 members (excludes halogenated alkanes) is 1. The largest absolute Gasteiger partial charge is 0.286 e. The van der Waals surface area contributed by atoms with Gasteiger partial charge in [-0.15, -0.1) is 0 Å². The van der Waals surface area contributed by atoms with Crippen LogP contribution in [-0.2, 0) is 23.7 Å². The number of nitrogens with zero attached hydrogens (tertiary/aromatic N) is 2. The molecule has 0 aromatic carbocycles. The molecule has 1 heterocycles. The number of hydrogen-bond acceptors (Lipinski definition) is 2. The lowest BCUT2D eigenvalue weighted by Gasteiger charge is -1.99. The normalized spacial score (nSPS) is 11.9. The Morgan fingerprint density at radius 3 is 2.60 bits per heavy atom. The van der Waals surface area contributed by atoms with Crippen molar-refractivity contribution in [2.45, 2.75) is 26.3 Å². The van der Waals surface area contributed by atoms with Crippen LogP contribution in [0.15, 0.2) is 12.4 Å². The van der Waals surface area contributed by atoms with E-state index in [1.54, 1.807) is 0 Å². The van der Waals surface area contributed by atoms with Gasteiger partial charge in [-0.3, -0.25) is 4.55 Å². The Balaban J connectivity index is 2.36. The van der Waals surface area contributed by atoms with Crippen LogP contribution in [0.3, 0.4) is 0 Å². The smallest absolute Gasteiger partial charge is 0.264 e. The predicted molar refractivity (Wildman–Crippen MR) is 56.0 cm³/mol. The molecular weight excluding hydrogens is 216 g/mol. The Hall–Kier alpha value is -0.880. The molecule has 86 valence electrons. The summed E-state index contributed by atoms with van der Waals surface area (Å²) in [5.74, 6) is 0.973. The summed E-state index contributed by atoms with van der Waals surface area (Å²) in [6.45, 7) is 2.78. The first-order valence-corrected chi connectivity index (χ1v) is 6.47. The summed E-state index contributed by atoms with van der Waals surface area (Å²) in [4.78, 5) is 0. The van der Waals surface area contributed by atoms with Crippen LogP contribution in [0.2, 0.25) is 0 Å². The zero-order valence-electron chi connectivity index (χ0n) is 9.05. The van der Waals surface area contributed by atoms with E-state index in [2.05, 4.69) is 4.57 Å². The summed E-state index contributed by atoms with van der Waals surface area (Å²) in [7, 11) is -1.84. The van der Waals surface area contributed by atoms with E-state index in [0.29, 0.717) is 6.42 Å². The van der Waals surface area contributed by atoms with E-state index in [1.807, 2.05) is 30.9 Å². The Morgan fingerprint density at radius 2 is 2.13 bits per heavy atom. The van der Waals surface area contributed by atoms with Gasteiger partial charge in [0.25, 0.3) is 15.9 Å². The third-order valence-electron chi connectivity index (χ3n) is 2.45. The van der Waals surface area contributed by atoms with E-state index < -0.39 is 10.1 Å². The molecule has 15 heavy (non-hydrogen) atoms.